The normalized spacial score (nSPS) is 30.6. The number of aliphatic carboxylic acids is 1. The Kier molecular flexibility index (Phi) is 26.4. The molecule has 19 atom stereocenters. The van der Waals surface area contributed by atoms with Crippen molar-refractivity contribution in [2.75, 3.05) is 6.54 Å². The quantitative estimate of drug-likeness (QED) is 0.0267. The van der Waals surface area contributed by atoms with E-state index in [1.54, 1.807) is 50.3 Å². The summed E-state index contributed by atoms with van der Waals surface area (Å²) >= 11 is 0. The van der Waals surface area contributed by atoms with Crippen LogP contribution in [0.3, 0.4) is 0 Å². The minimum atomic E-state index is -2.30. The number of nitrogens with two attached hydrogens (primary N) is 1. The van der Waals surface area contributed by atoms with Crippen molar-refractivity contribution in [3.8, 4) is 0 Å². The van der Waals surface area contributed by atoms with Gasteiger partial charge in [0.1, 0.15) is 12.2 Å². The summed E-state index contributed by atoms with van der Waals surface area (Å²) in [5, 5.41) is 122. The zero-order valence-electron chi connectivity index (χ0n) is 39.4. The number of urea groups is 1. The number of aliphatic hydroxyl groups excluding tert-OH is 9. The highest BCUT2D eigenvalue weighted by Gasteiger charge is 2.49. The van der Waals surface area contributed by atoms with Gasteiger partial charge in [-0.25, -0.2) is 4.79 Å². The number of carboxylic acids is 1. The van der Waals surface area contributed by atoms with Gasteiger partial charge in [0.2, 0.25) is 0 Å². The number of hydrogen-bond donors (Lipinski definition) is 14. The van der Waals surface area contributed by atoms with Gasteiger partial charge in [0.05, 0.1) is 92.1 Å². The highest BCUT2D eigenvalue weighted by molar-refractivity contribution is 5.75. The molecule has 2 amide bonds. The van der Waals surface area contributed by atoms with Crippen molar-refractivity contribution < 1.29 is 89.5 Å². The third-order valence-electron chi connectivity index (χ3n) is 12.0. The first-order chi connectivity index (χ1) is 31.4. The molecule has 15 N–H and O–H groups in total. The monoisotopic (exact) mass is 962 g/mol. The van der Waals surface area contributed by atoms with Crippen LogP contribution in [-0.2, 0) is 28.5 Å². The van der Waals surface area contributed by atoms with Crippen LogP contribution in [0.5, 0.6) is 0 Å². The van der Waals surface area contributed by atoms with Gasteiger partial charge in [-0.3, -0.25) is 9.59 Å². The number of esters is 1. The first-order valence-electron chi connectivity index (χ1n) is 23.1. The first kappa shape index (κ1) is 59.7. The zero-order valence-corrected chi connectivity index (χ0v) is 39.4. The summed E-state index contributed by atoms with van der Waals surface area (Å²) in [5.41, 5.74) is 6.03. The fraction of sp³-hybridized carbons (Fsp3) is 0.761. The lowest BCUT2D eigenvalue weighted by molar-refractivity contribution is -0.303. The van der Waals surface area contributed by atoms with E-state index >= 15 is 0 Å². The Hall–Kier alpha value is -3.39. The molecule has 0 aromatic heterocycles. The van der Waals surface area contributed by atoms with Crippen LogP contribution in [0, 0.1) is 11.8 Å². The van der Waals surface area contributed by atoms with Crippen LogP contribution in [0.4, 0.5) is 4.79 Å². The lowest BCUT2D eigenvalue weighted by atomic mass is 9.87. The van der Waals surface area contributed by atoms with Crippen molar-refractivity contribution >= 4 is 18.0 Å². The van der Waals surface area contributed by atoms with Crippen molar-refractivity contribution in [3.63, 3.8) is 0 Å². The molecule has 2 aliphatic heterocycles. The summed E-state index contributed by atoms with van der Waals surface area (Å²) < 4.78 is 23.3. The van der Waals surface area contributed by atoms with Crippen molar-refractivity contribution in [3.05, 3.63) is 48.6 Å². The summed E-state index contributed by atoms with van der Waals surface area (Å²) in [4.78, 5) is 36.4. The third kappa shape index (κ3) is 21.0. The second-order valence-electron chi connectivity index (χ2n) is 17.9. The van der Waals surface area contributed by atoms with Gasteiger partial charge in [-0.05, 0) is 47.0 Å². The molecule has 0 saturated carbocycles. The van der Waals surface area contributed by atoms with Crippen LogP contribution in [-0.4, -0.2) is 184 Å². The summed E-state index contributed by atoms with van der Waals surface area (Å²) in [5.74, 6) is -4.77. The molecule has 0 spiro atoms. The minimum Gasteiger partial charge on any atom is -0.481 e. The number of allylic oxidation sites excluding steroid dienone is 6. The number of nitrogens with one attached hydrogen (secondary N) is 2. The Morgan fingerprint density at radius 3 is 2.18 bits per heavy atom. The molecule has 0 aromatic carbocycles. The number of hydrogen-bond acceptors (Lipinski definition) is 18. The summed E-state index contributed by atoms with van der Waals surface area (Å²) in [6.45, 7) is 10.1. The van der Waals surface area contributed by atoms with Crippen molar-refractivity contribution in [2.24, 2.45) is 17.6 Å². The Morgan fingerprint density at radius 2 is 1.54 bits per heavy atom. The third-order valence-corrected chi connectivity index (χ3v) is 12.0. The molecular formula is C46H79N3O18. The van der Waals surface area contributed by atoms with Gasteiger partial charge < -0.3 is 91.5 Å². The topological polar surface area (TPSA) is 361 Å². The second-order valence-corrected chi connectivity index (χ2v) is 17.9. The second kappa shape index (κ2) is 29.6. The molecule has 2 fully saturated rings. The Bertz CT molecular complexity index is 1600. The van der Waals surface area contributed by atoms with E-state index in [4.69, 9.17) is 29.8 Å². The predicted octanol–water partition coefficient (Wildman–Crippen LogP) is -0.489. The smallest absolute Gasteiger partial charge is 0.315 e. The van der Waals surface area contributed by atoms with E-state index < -0.39 is 160 Å². The predicted molar refractivity (Wildman–Crippen MR) is 242 cm³/mol. The van der Waals surface area contributed by atoms with Crippen molar-refractivity contribution in [1.29, 1.82) is 0 Å². The molecule has 0 aromatic rings. The van der Waals surface area contributed by atoms with Crippen molar-refractivity contribution in [1.82, 2.24) is 10.6 Å². The standard InChI is InChI=1S/C46H79N3O18/c1-7-9-10-11-12-14-32(66-44-43(61)39(47)42(60)28(6)65-44)22-36-40(49-45(62)48-18-17-37(56)57)35(55)24-46(63,67-36)23-31(52)20-34(54)33(53)16-15-29(50)19-30(51)21-38(58)64-27(5)26(4)41(59)25(3)13-8-2/h7-14,25-36,39-44,50-55,59-61,63H,15-24,47H2,1-6H3,(H,56,57)(H2,48,49,62)/b9-7+,11-10+,13-8+,14-12+/t25-,26-,27-,28?,29+,30+,31-,32-,33+,34+,35-,36-,39?,40+,41+,42?,43?,44?,46+/m0/s1. The summed E-state index contributed by atoms with van der Waals surface area (Å²) in [6.07, 6.45) is -6.97. The highest BCUT2D eigenvalue weighted by Crippen LogP contribution is 2.35. The number of carboxylic acid groups (broad SMARTS) is 1. The number of amides is 2. The van der Waals surface area contributed by atoms with Gasteiger partial charge in [0.25, 0.3) is 0 Å². The number of carbonyl (C=O) groups is 3. The molecule has 67 heavy (non-hydrogen) atoms. The van der Waals surface area contributed by atoms with E-state index in [1.165, 1.54) is 6.92 Å². The Balaban J connectivity index is 2.13. The molecule has 2 aliphatic rings. The van der Waals surface area contributed by atoms with Gasteiger partial charge in [-0.15, -0.1) is 0 Å². The molecule has 0 bridgehead atoms. The van der Waals surface area contributed by atoms with Gasteiger partial charge in [-0.2, -0.15) is 0 Å². The number of ether oxygens (including phenoxy) is 4. The maximum absolute atomic E-state index is 12.9. The number of rotatable bonds is 28. The van der Waals surface area contributed by atoms with Crippen LogP contribution in [0.15, 0.2) is 48.6 Å². The number of carbonyl (C=O) groups excluding carboxylic acids is 2. The van der Waals surface area contributed by atoms with Crippen LogP contribution >= 0.6 is 0 Å². The van der Waals surface area contributed by atoms with E-state index in [2.05, 4.69) is 10.6 Å². The molecule has 5 unspecified atom stereocenters. The maximum Gasteiger partial charge on any atom is 0.315 e. The van der Waals surface area contributed by atoms with Gasteiger partial charge in [0.15, 0.2) is 12.1 Å². The average molecular weight is 962 g/mol. The molecule has 2 saturated heterocycles. The molecule has 0 aliphatic carbocycles. The van der Waals surface area contributed by atoms with Crippen molar-refractivity contribution in [2.45, 2.75) is 203 Å². The van der Waals surface area contributed by atoms with E-state index in [0.29, 0.717) is 0 Å². The van der Waals surface area contributed by atoms with Crippen LogP contribution in [0.25, 0.3) is 0 Å². The lowest BCUT2D eigenvalue weighted by Crippen LogP contribution is -2.64. The average Bonchev–Trinajstić information content (AvgIpc) is 3.23. The highest BCUT2D eigenvalue weighted by atomic mass is 16.7. The summed E-state index contributed by atoms with van der Waals surface area (Å²) in [6, 6.07) is -3.28. The van der Waals surface area contributed by atoms with E-state index in [-0.39, 0.29) is 38.1 Å². The minimum absolute atomic E-state index is 0.112. The first-order valence-corrected chi connectivity index (χ1v) is 23.1. The molecule has 21 heteroatoms. The fourth-order valence-electron chi connectivity index (χ4n) is 7.98. The molecular weight excluding hydrogens is 883 g/mol. The Morgan fingerprint density at radius 1 is 0.866 bits per heavy atom. The van der Waals surface area contributed by atoms with Gasteiger partial charge >= 0.3 is 18.0 Å². The molecule has 2 rings (SSSR count). The zero-order chi connectivity index (χ0) is 50.6. The van der Waals surface area contributed by atoms with Crippen LogP contribution < -0.4 is 16.4 Å². The molecule has 21 nitrogen and oxygen atoms in total. The SMILES string of the molecule is C/C=C/C=C/C=C/[C@@H](C[C@@H]1O[C@](O)(C[C@@H](O)C[C@@H](O)[C@H](O)CC[C@@H](O)C[C@@H](O)CC(=O)O[C@@H](C)[C@H](C)[C@H](O)[C@@H](C)/C=C/C)C[C@H](O)[C@H]1NC(=O)NCCC(=O)O)OC1OC(C)C(O)C(N)C1O. The molecule has 386 valence electrons. The maximum atomic E-state index is 12.9. The van der Waals surface area contributed by atoms with Crippen LogP contribution in [0.1, 0.15) is 99.3 Å². The largest absolute Gasteiger partial charge is 0.481 e. The Labute approximate surface area is 393 Å². The van der Waals surface area contributed by atoms with Gasteiger partial charge in [-0.1, -0.05) is 62.5 Å². The lowest BCUT2D eigenvalue weighted by Gasteiger charge is -2.46. The van der Waals surface area contributed by atoms with E-state index in [1.807, 2.05) is 32.9 Å². The number of aliphatic hydroxyl groups is 10. The molecule has 2 heterocycles. The van der Waals surface area contributed by atoms with E-state index in [0.717, 1.165) is 0 Å². The molecule has 0 radical (unpaired) electrons. The summed E-state index contributed by atoms with van der Waals surface area (Å²) in [7, 11) is 0. The van der Waals surface area contributed by atoms with Crippen LogP contribution in [0.2, 0.25) is 0 Å². The fourth-order valence-corrected chi connectivity index (χ4v) is 7.98. The van der Waals surface area contributed by atoms with Gasteiger partial charge in [0, 0.05) is 44.1 Å². The van der Waals surface area contributed by atoms with E-state index in [9.17, 15) is 65.4 Å².